The maximum Gasteiger partial charge on any atom is 0.313 e. The minimum atomic E-state index is -3.79. The highest BCUT2D eigenvalue weighted by atomic mass is 32.2. The molecule has 0 unspecified atom stereocenters. The number of hydrogen-bond acceptors (Lipinski definition) is 5. The fourth-order valence-corrected chi connectivity index (χ4v) is 5.09. The third-order valence-corrected chi connectivity index (χ3v) is 6.61. The number of carbonyl (C=O) groups excluding carboxylic acids is 1. The second-order valence-corrected chi connectivity index (χ2v) is 8.28. The average molecular weight is 377 g/mol. The topological polar surface area (TPSA) is 72.9 Å². The summed E-state index contributed by atoms with van der Waals surface area (Å²) in [6.45, 7) is 7.74. The summed E-state index contributed by atoms with van der Waals surface area (Å²) in [5.74, 6) is -1.22. The first-order chi connectivity index (χ1) is 12.4. The molecule has 0 aliphatic carbocycles. The van der Waals surface area contributed by atoms with Crippen molar-refractivity contribution >= 4 is 16.0 Å². The van der Waals surface area contributed by atoms with Gasteiger partial charge >= 0.3 is 5.97 Å². The highest BCUT2D eigenvalue weighted by Crippen LogP contribution is 2.38. The maximum atomic E-state index is 13.2. The Morgan fingerprint density at radius 1 is 1.38 bits per heavy atom. The Hall–Kier alpha value is -1.96. The zero-order chi connectivity index (χ0) is 18.9. The van der Waals surface area contributed by atoms with Crippen LogP contribution in [-0.4, -0.2) is 50.1 Å². The molecule has 0 bridgehead atoms. The van der Waals surface area contributed by atoms with E-state index in [9.17, 15) is 13.2 Å². The van der Waals surface area contributed by atoms with Gasteiger partial charge in [-0.25, -0.2) is 8.42 Å². The maximum absolute atomic E-state index is 13.2. The number of ether oxygens (including phenoxy) is 2. The highest BCUT2D eigenvalue weighted by Gasteiger charge is 2.53. The summed E-state index contributed by atoms with van der Waals surface area (Å²) in [4.78, 5) is 12.7. The van der Waals surface area contributed by atoms with Gasteiger partial charge < -0.3 is 9.47 Å². The van der Waals surface area contributed by atoms with Gasteiger partial charge in [0, 0.05) is 6.54 Å². The summed E-state index contributed by atoms with van der Waals surface area (Å²) in [5, 5.41) is 0. The molecule has 0 saturated carbocycles. The largest absolute Gasteiger partial charge is 0.466 e. The number of esters is 1. The molecule has 4 atom stereocenters. The monoisotopic (exact) mass is 377 g/mol. The first kappa shape index (κ1) is 18.8. The summed E-state index contributed by atoms with van der Waals surface area (Å²) >= 11 is 0. The Bertz CT molecular complexity index is 815. The molecule has 0 aromatic heterocycles. The Kier molecular flexibility index (Phi) is 5.32. The van der Waals surface area contributed by atoms with Crippen molar-refractivity contribution in [3.63, 3.8) is 0 Å². The van der Waals surface area contributed by atoms with E-state index in [2.05, 4.69) is 6.58 Å². The Morgan fingerprint density at radius 3 is 2.69 bits per heavy atom. The van der Waals surface area contributed by atoms with Crippen molar-refractivity contribution in [3.05, 3.63) is 54.6 Å². The van der Waals surface area contributed by atoms with Crippen LogP contribution in [0.25, 0.3) is 0 Å². The molecule has 140 valence electrons. The minimum absolute atomic E-state index is 0.181. The predicted octanol–water partition coefficient (Wildman–Crippen LogP) is 2.06. The van der Waals surface area contributed by atoms with Crippen LogP contribution >= 0.6 is 0 Å². The molecule has 1 aromatic carbocycles. The van der Waals surface area contributed by atoms with E-state index in [-0.39, 0.29) is 18.0 Å². The molecular formula is C19H23NO5S. The fourth-order valence-electron chi connectivity index (χ4n) is 3.49. The van der Waals surface area contributed by atoms with Crippen LogP contribution in [0.1, 0.15) is 12.5 Å². The molecule has 0 radical (unpaired) electrons. The van der Waals surface area contributed by atoms with E-state index in [1.807, 2.05) is 13.0 Å². The lowest BCUT2D eigenvalue weighted by molar-refractivity contribution is -0.150. The molecule has 0 N–H and O–H groups in total. The standard InChI is InChI=1S/C19H23NO5S/c1-4-15-17(19(21)24-5-2)18-16(25-15)7-6-12-20(18)26(22,23)14-10-8-13(3)9-11-14/h4,6-11,15-18H,1,5,12H2,2-3H3/t15-,16+,17+,18+/m1/s1. The van der Waals surface area contributed by atoms with Crippen LogP contribution in [0.15, 0.2) is 54.0 Å². The number of sulfonamides is 1. The van der Waals surface area contributed by atoms with Crippen molar-refractivity contribution in [1.82, 2.24) is 4.31 Å². The zero-order valence-electron chi connectivity index (χ0n) is 14.9. The van der Waals surface area contributed by atoms with E-state index >= 15 is 0 Å². The fraction of sp³-hybridized carbons (Fsp3) is 0.421. The molecule has 2 heterocycles. The first-order valence-corrected chi connectivity index (χ1v) is 10.0. The van der Waals surface area contributed by atoms with Crippen LogP contribution in [-0.2, 0) is 24.3 Å². The summed E-state index contributed by atoms with van der Waals surface area (Å²) in [6, 6.07) is 6.01. The number of hydrogen-bond donors (Lipinski definition) is 0. The van der Waals surface area contributed by atoms with Crippen molar-refractivity contribution in [2.75, 3.05) is 13.2 Å². The van der Waals surface area contributed by atoms with Gasteiger partial charge in [0.1, 0.15) is 5.92 Å². The Morgan fingerprint density at radius 2 is 2.08 bits per heavy atom. The highest BCUT2D eigenvalue weighted by molar-refractivity contribution is 7.89. The average Bonchev–Trinajstić information content (AvgIpc) is 3.00. The normalized spacial score (nSPS) is 28.5. The number of aryl methyl sites for hydroxylation is 1. The second kappa shape index (κ2) is 7.34. The molecule has 6 nitrogen and oxygen atoms in total. The smallest absolute Gasteiger partial charge is 0.313 e. The lowest BCUT2D eigenvalue weighted by atomic mass is 9.92. The second-order valence-electron chi connectivity index (χ2n) is 6.39. The molecule has 7 heteroatoms. The van der Waals surface area contributed by atoms with Crippen LogP contribution in [0, 0.1) is 12.8 Å². The molecule has 3 rings (SSSR count). The number of carbonyl (C=O) groups is 1. The molecule has 0 amide bonds. The number of benzene rings is 1. The SMILES string of the molecule is C=C[C@H]1O[C@H]2C=CCN(S(=O)(=O)c3ccc(C)cc3)[C@@H]2[C@H]1C(=O)OCC. The van der Waals surface area contributed by atoms with Crippen molar-refractivity contribution in [2.24, 2.45) is 5.92 Å². The van der Waals surface area contributed by atoms with Gasteiger partial charge in [0.2, 0.25) is 10.0 Å². The molecule has 0 spiro atoms. The minimum Gasteiger partial charge on any atom is -0.466 e. The number of nitrogens with zero attached hydrogens (tertiary/aromatic N) is 1. The lowest BCUT2D eigenvalue weighted by Crippen LogP contribution is -2.52. The van der Waals surface area contributed by atoms with Crippen molar-refractivity contribution < 1.29 is 22.7 Å². The van der Waals surface area contributed by atoms with E-state index in [0.29, 0.717) is 0 Å². The Labute approximate surface area is 154 Å². The van der Waals surface area contributed by atoms with Gasteiger partial charge in [-0.15, -0.1) is 6.58 Å². The van der Waals surface area contributed by atoms with Crippen LogP contribution in [0.4, 0.5) is 0 Å². The summed E-state index contributed by atoms with van der Waals surface area (Å²) in [5.41, 5.74) is 0.973. The van der Waals surface area contributed by atoms with Crippen molar-refractivity contribution in [2.45, 2.75) is 37.0 Å². The lowest BCUT2D eigenvalue weighted by Gasteiger charge is -2.34. The molecule has 26 heavy (non-hydrogen) atoms. The predicted molar refractivity (Wildman–Crippen MR) is 97.0 cm³/mol. The quantitative estimate of drug-likeness (QED) is 0.580. The molecule has 2 aliphatic heterocycles. The van der Waals surface area contributed by atoms with E-state index < -0.39 is 40.2 Å². The van der Waals surface area contributed by atoms with Crippen molar-refractivity contribution in [1.29, 1.82) is 0 Å². The van der Waals surface area contributed by atoms with Gasteiger partial charge in [-0.3, -0.25) is 4.79 Å². The first-order valence-electron chi connectivity index (χ1n) is 8.60. The third-order valence-electron chi connectivity index (χ3n) is 4.74. The van der Waals surface area contributed by atoms with Crippen LogP contribution in [0.3, 0.4) is 0 Å². The summed E-state index contributed by atoms with van der Waals surface area (Å²) in [7, 11) is -3.79. The summed E-state index contributed by atoms with van der Waals surface area (Å²) in [6.07, 6.45) is 3.98. The van der Waals surface area contributed by atoms with Crippen LogP contribution in [0.2, 0.25) is 0 Å². The number of rotatable bonds is 5. The van der Waals surface area contributed by atoms with E-state index in [1.54, 1.807) is 37.3 Å². The third kappa shape index (κ3) is 3.22. The van der Waals surface area contributed by atoms with Gasteiger partial charge in [-0.2, -0.15) is 4.31 Å². The van der Waals surface area contributed by atoms with Crippen LogP contribution in [0.5, 0.6) is 0 Å². The van der Waals surface area contributed by atoms with Gasteiger partial charge in [-0.1, -0.05) is 35.9 Å². The molecule has 2 aliphatic rings. The van der Waals surface area contributed by atoms with Gasteiger partial charge in [0.25, 0.3) is 0 Å². The van der Waals surface area contributed by atoms with Crippen LogP contribution < -0.4 is 0 Å². The van der Waals surface area contributed by atoms with Gasteiger partial charge in [0.15, 0.2) is 0 Å². The molecule has 1 aromatic rings. The number of fused-ring (bicyclic) bond motifs is 1. The van der Waals surface area contributed by atoms with E-state index in [0.717, 1.165) is 5.56 Å². The van der Waals surface area contributed by atoms with Gasteiger partial charge in [0.05, 0.1) is 29.8 Å². The van der Waals surface area contributed by atoms with Crippen molar-refractivity contribution in [3.8, 4) is 0 Å². The molecular weight excluding hydrogens is 354 g/mol. The van der Waals surface area contributed by atoms with E-state index in [4.69, 9.17) is 9.47 Å². The summed E-state index contributed by atoms with van der Waals surface area (Å²) < 4.78 is 38.8. The molecule has 1 saturated heterocycles. The van der Waals surface area contributed by atoms with E-state index in [1.165, 1.54) is 10.4 Å². The molecule has 1 fully saturated rings. The van der Waals surface area contributed by atoms with Gasteiger partial charge in [-0.05, 0) is 26.0 Å². The Balaban J connectivity index is 2.01. The zero-order valence-corrected chi connectivity index (χ0v) is 15.7.